The maximum absolute atomic E-state index is 5.75. The summed E-state index contributed by atoms with van der Waals surface area (Å²) < 4.78 is 0. The van der Waals surface area contributed by atoms with Gasteiger partial charge in [-0.2, -0.15) is 0 Å². The van der Waals surface area contributed by atoms with Crippen molar-refractivity contribution in [2.45, 2.75) is 6.04 Å². The molecule has 0 amide bonds. The second kappa shape index (κ2) is 3.11. The second-order valence-electron chi connectivity index (χ2n) is 4.02. The molecule has 1 N–H and O–H groups in total. The summed E-state index contributed by atoms with van der Waals surface area (Å²) in [6, 6.07) is 4.59. The topological polar surface area (TPSA) is 28.2 Å². The van der Waals surface area contributed by atoms with Crippen LogP contribution in [0.4, 0.5) is 5.69 Å². The van der Waals surface area contributed by atoms with Crippen LogP contribution in [0.5, 0.6) is 0 Å². The van der Waals surface area contributed by atoms with Crippen LogP contribution >= 0.6 is 11.6 Å². The van der Waals surface area contributed by atoms with Crippen LogP contribution < -0.4 is 10.2 Å². The molecule has 0 radical (unpaired) electrons. The number of hydrogen-bond acceptors (Lipinski definition) is 3. The van der Waals surface area contributed by atoms with Gasteiger partial charge in [-0.25, -0.2) is 4.98 Å². The fourth-order valence-corrected chi connectivity index (χ4v) is 2.33. The van der Waals surface area contributed by atoms with E-state index in [2.05, 4.69) is 15.2 Å². The van der Waals surface area contributed by atoms with Crippen molar-refractivity contribution >= 4 is 17.3 Å². The first kappa shape index (κ1) is 8.50. The lowest BCUT2D eigenvalue weighted by atomic mass is 9.96. The van der Waals surface area contributed by atoms with Crippen LogP contribution in [0.15, 0.2) is 18.3 Å². The average molecular weight is 210 g/mol. The molecule has 3 heterocycles. The first-order valence-electron chi connectivity index (χ1n) is 4.93. The summed E-state index contributed by atoms with van der Waals surface area (Å²) in [5, 5.41) is 3.99. The Hall–Kier alpha value is -0.800. The third kappa shape index (κ3) is 1.28. The molecule has 2 atom stereocenters. The minimum absolute atomic E-state index is 0.564. The van der Waals surface area contributed by atoms with Crippen molar-refractivity contribution < 1.29 is 0 Å². The fourth-order valence-electron chi connectivity index (χ4n) is 2.22. The molecule has 1 aromatic rings. The summed E-state index contributed by atoms with van der Waals surface area (Å²) in [7, 11) is 0. The minimum Gasteiger partial charge on any atom is -0.368 e. The van der Waals surface area contributed by atoms with Crippen molar-refractivity contribution in [1.29, 1.82) is 0 Å². The highest BCUT2D eigenvalue weighted by atomic mass is 35.5. The Morgan fingerprint density at radius 2 is 2.36 bits per heavy atom. The van der Waals surface area contributed by atoms with Gasteiger partial charge in [0, 0.05) is 31.6 Å². The molecule has 14 heavy (non-hydrogen) atoms. The Labute approximate surface area is 88.1 Å². The highest BCUT2D eigenvalue weighted by Crippen LogP contribution is 2.28. The van der Waals surface area contributed by atoms with Crippen molar-refractivity contribution in [2.24, 2.45) is 5.92 Å². The first-order valence-corrected chi connectivity index (χ1v) is 5.30. The Morgan fingerprint density at radius 3 is 2.86 bits per heavy atom. The van der Waals surface area contributed by atoms with Gasteiger partial charge in [-0.05, 0) is 12.1 Å². The van der Waals surface area contributed by atoms with Crippen molar-refractivity contribution in [3.63, 3.8) is 0 Å². The maximum Gasteiger partial charge on any atom is 0.129 e. The predicted octanol–water partition coefficient (Wildman–Crippen LogP) is 1.14. The van der Waals surface area contributed by atoms with Crippen molar-refractivity contribution in [2.75, 3.05) is 24.5 Å². The number of halogens is 1. The number of fused-ring (bicyclic) bond motifs is 1. The van der Waals surface area contributed by atoms with Crippen LogP contribution in [0.3, 0.4) is 0 Å². The molecule has 74 valence electrons. The van der Waals surface area contributed by atoms with Gasteiger partial charge in [-0.15, -0.1) is 0 Å². The average Bonchev–Trinajstić information content (AvgIpc) is 2.45. The molecule has 0 spiro atoms. The SMILES string of the molecule is Clc1ccc(N2C[C@@H]3CN[C@@H]3C2)cn1. The zero-order chi connectivity index (χ0) is 9.54. The molecule has 2 fully saturated rings. The van der Waals surface area contributed by atoms with E-state index in [1.807, 2.05) is 18.3 Å². The van der Waals surface area contributed by atoms with E-state index in [9.17, 15) is 0 Å². The summed E-state index contributed by atoms with van der Waals surface area (Å²) in [6.07, 6.45) is 1.85. The normalized spacial score (nSPS) is 29.9. The van der Waals surface area contributed by atoms with Gasteiger partial charge >= 0.3 is 0 Å². The molecule has 1 aromatic heterocycles. The standard InChI is InChI=1S/C10H12ClN3/c11-10-2-1-8(4-13-10)14-5-7-3-12-9(7)6-14/h1-2,4,7,9,12H,3,5-6H2/t7-,9+/m0/s1. The van der Waals surface area contributed by atoms with E-state index in [1.165, 1.54) is 12.2 Å². The van der Waals surface area contributed by atoms with E-state index in [1.54, 1.807) is 0 Å². The molecule has 4 heteroatoms. The number of hydrogen-bond donors (Lipinski definition) is 1. The molecule has 3 nitrogen and oxygen atoms in total. The highest BCUT2D eigenvalue weighted by molar-refractivity contribution is 6.29. The smallest absolute Gasteiger partial charge is 0.129 e. The molecular weight excluding hydrogens is 198 g/mol. The molecule has 0 bridgehead atoms. The zero-order valence-electron chi connectivity index (χ0n) is 7.78. The van der Waals surface area contributed by atoms with Gasteiger partial charge in [0.2, 0.25) is 0 Å². The highest BCUT2D eigenvalue weighted by Gasteiger charge is 2.38. The van der Waals surface area contributed by atoms with E-state index in [-0.39, 0.29) is 0 Å². The predicted molar refractivity (Wildman–Crippen MR) is 56.7 cm³/mol. The molecule has 0 aliphatic carbocycles. The molecule has 2 aliphatic heterocycles. The second-order valence-corrected chi connectivity index (χ2v) is 4.41. The van der Waals surface area contributed by atoms with Gasteiger partial charge in [-0.1, -0.05) is 11.6 Å². The van der Waals surface area contributed by atoms with Crippen LogP contribution in [0.25, 0.3) is 0 Å². The number of pyridine rings is 1. The molecule has 3 rings (SSSR count). The molecule has 0 aromatic carbocycles. The molecule has 2 aliphatic rings. The lowest BCUT2D eigenvalue weighted by Gasteiger charge is -2.29. The zero-order valence-corrected chi connectivity index (χ0v) is 8.54. The number of rotatable bonds is 1. The summed E-state index contributed by atoms with van der Waals surface area (Å²) in [5.41, 5.74) is 1.19. The van der Waals surface area contributed by atoms with Crippen LogP contribution in [0.1, 0.15) is 0 Å². The van der Waals surface area contributed by atoms with Gasteiger partial charge in [0.25, 0.3) is 0 Å². The first-order chi connectivity index (χ1) is 6.83. The van der Waals surface area contributed by atoms with Crippen molar-refractivity contribution in [1.82, 2.24) is 10.3 Å². The molecule has 0 unspecified atom stereocenters. The summed E-state index contributed by atoms with van der Waals surface area (Å²) in [4.78, 5) is 6.47. The Balaban J connectivity index is 1.79. The largest absolute Gasteiger partial charge is 0.368 e. The number of nitrogens with zero attached hydrogens (tertiary/aromatic N) is 2. The van der Waals surface area contributed by atoms with Gasteiger partial charge in [0.05, 0.1) is 11.9 Å². The Morgan fingerprint density at radius 1 is 1.43 bits per heavy atom. The molecule has 2 saturated heterocycles. The van der Waals surface area contributed by atoms with Gasteiger partial charge < -0.3 is 10.2 Å². The fraction of sp³-hybridized carbons (Fsp3) is 0.500. The van der Waals surface area contributed by atoms with Gasteiger partial charge in [0.1, 0.15) is 5.15 Å². The Bertz CT molecular complexity index is 326. The van der Waals surface area contributed by atoms with Crippen LogP contribution in [-0.2, 0) is 0 Å². The lowest BCUT2D eigenvalue weighted by Crippen LogP contribution is -2.51. The number of aromatic nitrogens is 1. The van der Waals surface area contributed by atoms with E-state index in [0.29, 0.717) is 11.2 Å². The third-order valence-corrected chi connectivity index (χ3v) is 3.38. The van der Waals surface area contributed by atoms with E-state index >= 15 is 0 Å². The van der Waals surface area contributed by atoms with Crippen LogP contribution in [-0.4, -0.2) is 30.7 Å². The van der Waals surface area contributed by atoms with Gasteiger partial charge in [-0.3, -0.25) is 0 Å². The van der Waals surface area contributed by atoms with Gasteiger partial charge in [0.15, 0.2) is 0 Å². The lowest BCUT2D eigenvalue weighted by molar-refractivity contribution is 0.297. The number of nitrogens with one attached hydrogen (secondary N) is 1. The van der Waals surface area contributed by atoms with Crippen molar-refractivity contribution in [3.05, 3.63) is 23.5 Å². The van der Waals surface area contributed by atoms with E-state index < -0.39 is 0 Å². The third-order valence-electron chi connectivity index (χ3n) is 3.16. The quantitative estimate of drug-likeness (QED) is 0.704. The Kier molecular flexibility index (Phi) is 1.89. The summed E-state index contributed by atoms with van der Waals surface area (Å²) in [6.45, 7) is 3.43. The van der Waals surface area contributed by atoms with Crippen LogP contribution in [0, 0.1) is 5.92 Å². The summed E-state index contributed by atoms with van der Waals surface area (Å²) >= 11 is 5.75. The van der Waals surface area contributed by atoms with Crippen LogP contribution in [0.2, 0.25) is 5.15 Å². The molecule has 0 saturated carbocycles. The molecular formula is C10H12ClN3. The van der Waals surface area contributed by atoms with Crippen molar-refractivity contribution in [3.8, 4) is 0 Å². The minimum atomic E-state index is 0.564. The van der Waals surface area contributed by atoms with E-state index in [0.717, 1.165) is 19.0 Å². The van der Waals surface area contributed by atoms with E-state index in [4.69, 9.17) is 11.6 Å². The monoisotopic (exact) mass is 209 g/mol. The number of anilines is 1. The maximum atomic E-state index is 5.75. The summed E-state index contributed by atoms with van der Waals surface area (Å²) in [5.74, 6) is 0.839.